The minimum absolute atomic E-state index is 0.256. The van der Waals surface area contributed by atoms with Crippen LogP contribution in [0.3, 0.4) is 0 Å². The Morgan fingerprint density at radius 3 is 2.77 bits per heavy atom. The second-order valence-corrected chi connectivity index (χ2v) is 6.97. The lowest BCUT2D eigenvalue weighted by Crippen LogP contribution is -2.05. The Hall–Kier alpha value is -1.18. The van der Waals surface area contributed by atoms with E-state index in [1.807, 2.05) is 30.3 Å². The number of rotatable bonds is 2. The van der Waals surface area contributed by atoms with E-state index in [1.165, 1.54) is 0 Å². The summed E-state index contributed by atoms with van der Waals surface area (Å²) < 4.78 is 7.24. The fraction of sp³-hybridized carbons (Fsp3) is 0. The Labute approximate surface area is 154 Å². The smallest absolute Gasteiger partial charge is 0.363 e. The Bertz CT molecular complexity index is 833. The molecule has 0 aromatic heterocycles. The molecule has 1 heterocycles. The Balaban J connectivity index is 1.96. The van der Waals surface area contributed by atoms with E-state index in [1.54, 1.807) is 18.2 Å². The molecule has 2 aromatic rings. The summed E-state index contributed by atoms with van der Waals surface area (Å²) in [5.74, 6) is -0.167. The standard InChI is InChI=1S/C16H8BrClINO2/c17-12-8-10(4-5-13(12)19)15-20-14(16(21)22-15)7-9-2-1-3-11(18)6-9/h1-8H/b14-7-. The summed E-state index contributed by atoms with van der Waals surface area (Å²) in [7, 11) is 0. The maximum atomic E-state index is 11.9. The van der Waals surface area contributed by atoms with Crippen LogP contribution in [0.4, 0.5) is 0 Å². The molecule has 0 N–H and O–H groups in total. The van der Waals surface area contributed by atoms with Gasteiger partial charge in [-0.3, -0.25) is 0 Å². The van der Waals surface area contributed by atoms with Crippen molar-refractivity contribution in [2.75, 3.05) is 0 Å². The molecule has 1 aliphatic heterocycles. The summed E-state index contributed by atoms with van der Waals surface area (Å²) in [5.41, 5.74) is 1.80. The molecule has 110 valence electrons. The van der Waals surface area contributed by atoms with Crippen molar-refractivity contribution >= 4 is 68.1 Å². The maximum absolute atomic E-state index is 11.9. The van der Waals surface area contributed by atoms with Crippen LogP contribution in [-0.2, 0) is 9.53 Å². The van der Waals surface area contributed by atoms with Gasteiger partial charge in [-0.25, -0.2) is 9.79 Å². The Morgan fingerprint density at radius 1 is 1.23 bits per heavy atom. The van der Waals surface area contributed by atoms with Gasteiger partial charge >= 0.3 is 5.97 Å². The van der Waals surface area contributed by atoms with Crippen LogP contribution in [0, 0.1) is 3.57 Å². The van der Waals surface area contributed by atoms with Gasteiger partial charge in [0.25, 0.3) is 0 Å². The summed E-state index contributed by atoms with van der Waals surface area (Å²) in [6.45, 7) is 0. The molecule has 0 spiro atoms. The molecule has 0 aliphatic carbocycles. The SMILES string of the molecule is O=C1OC(c2ccc(I)c(Br)c2)=N/C1=C\c1cccc(Cl)c1. The fourth-order valence-corrected chi connectivity index (χ4v) is 2.83. The molecule has 3 rings (SSSR count). The third-order valence-corrected chi connectivity index (χ3v) is 5.51. The monoisotopic (exact) mass is 487 g/mol. The van der Waals surface area contributed by atoms with Crippen molar-refractivity contribution in [1.82, 2.24) is 0 Å². The van der Waals surface area contributed by atoms with E-state index >= 15 is 0 Å². The third-order valence-electron chi connectivity index (χ3n) is 2.94. The highest BCUT2D eigenvalue weighted by Gasteiger charge is 2.24. The minimum Gasteiger partial charge on any atom is -0.402 e. The topological polar surface area (TPSA) is 38.7 Å². The van der Waals surface area contributed by atoms with Crippen molar-refractivity contribution in [3.63, 3.8) is 0 Å². The highest BCUT2D eigenvalue weighted by atomic mass is 127. The molecule has 1 aliphatic rings. The highest BCUT2D eigenvalue weighted by molar-refractivity contribution is 14.1. The number of cyclic esters (lactones) is 1. The Morgan fingerprint density at radius 2 is 2.05 bits per heavy atom. The molecule has 22 heavy (non-hydrogen) atoms. The zero-order valence-electron chi connectivity index (χ0n) is 11.0. The first-order chi connectivity index (χ1) is 10.5. The van der Waals surface area contributed by atoms with E-state index in [2.05, 4.69) is 43.5 Å². The summed E-state index contributed by atoms with van der Waals surface area (Å²) in [5, 5.41) is 0.603. The quantitative estimate of drug-likeness (QED) is 0.337. The second-order valence-electron chi connectivity index (χ2n) is 4.52. The molecular formula is C16H8BrClINO2. The number of benzene rings is 2. The number of carbonyl (C=O) groups excluding carboxylic acids is 1. The molecule has 0 amide bonds. The molecule has 0 atom stereocenters. The van der Waals surface area contributed by atoms with Gasteiger partial charge in [-0.05, 0) is 80.5 Å². The molecule has 0 fully saturated rings. The first-order valence-electron chi connectivity index (χ1n) is 6.26. The van der Waals surface area contributed by atoms with Gasteiger partial charge in [-0.15, -0.1) is 0 Å². The van der Waals surface area contributed by atoms with Crippen LogP contribution in [0.25, 0.3) is 6.08 Å². The predicted molar refractivity (Wildman–Crippen MR) is 98.9 cm³/mol. The van der Waals surface area contributed by atoms with Gasteiger partial charge in [0.15, 0.2) is 5.70 Å². The van der Waals surface area contributed by atoms with Gasteiger partial charge in [-0.2, -0.15) is 0 Å². The summed E-state index contributed by atoms with van der Waals surface area (Å²) >= 11 is 11.6. The molecule has 0 unspecified atom stereocenters. The van der Waals surface area contributed by atoms with Crippen LogP contribution in [0.1, 0.15) is 11.1 Å². The van der Waals surface area contributed by atoms with E-state index in [0.717, 1.165) is 19.2 Å². The number of hydrogen-bond acceptors (Lipinski definition) is 3. The lowest BCUT2D eigenvalue weighted by Gasteiger charge is -2.01. The number of esters is 1. The lowest BCUT2D eigenvalue weighted by atomic mass is 10.2. The third kappa shape index (κ3) is 3.42. The zero-order valence-corrected chi connectivity index (χ0v) is 15.5. The largest absolute Gasteiger partial charge is 0.402 e. The van der Waals surface area contributed by atoms with E-state index in [4.69, 9.17) is 16.3 Å². The number of ether oxygens (including phenoxy) is 1. The fourth-order valence-electron chi connectivity index (χ4n) is 1.92. The number of aliphatic imine (C=N–C) groups is 1. The van der Waals surface area contributed by atoms with Crippen molar-refractivity contribution in [3.8, 4) is 0 Å². The predicted octanol–water partition coefficient (Wildman–Crippen LogP) is 5.05. The first-order valence-corrected chi connectivity index (χ1v) is 8.51. The van der Waals surface area contributed by atoms with E-state index < -0.39 is 5.97 Å². The van der Waals surface area contributed by atoms with Crippen molar-refractivity contribution in [1.29, 1.82) is 0 Å². The lowest BCUT2D eigenvalue weighted by molar-refractivity contribution is -0.129. The van der Waals surface area contributed by atoms with Crippen molar-refractivity contribution in [2.45, 2.75) is 0 Å². The minimum atomic E-state index is -0.468. The number of carbonyl (C=O) groups is 1. The molecule has 0 bridgehead atoms. The van der Waals surface area contributed by atoms with Gasteiger partial charge in [0.05, 0.1) is 0 Å². The maximum Gasteiger partial charge on any atom is 0.363 e. The van der Waals surface area contributed by atoms with Crippen molar-refractivity contribution in [3.05, 3.63) is 72.4 Å². The van der Waals surface area contributed by atoms with Gasteiger partial charge in [-0.1, -0.05) is 23.7 Å². The number of nitrogens with zero attached hydrogens (tertiary/aromatic N) is 1. The van der Waals surface area contributed by atoms with Crippen molar-refractivity contribution in [2.24, 2.45) is 4.99 Å². The average Bonchev–Trinajstić information content (AvgIpc) is 2.83. The van der Waals surface area contributed by atoms with Crippen LogP contribution >= 0.6 is 50.1 Å². The summed E-state index contributed by atoms with van der Waals surface area (Å²) in [6, 6.07) is 12.9. The van der Waals surface area contributed by atoms with Crippen molar-refractivity contribution < 1.29 is 9.53 Å². The summed E-state index contributed by atoms with van der Waals surface area (Å²) in [6.07, 6.45) is 1.66. The second kappa shape index (κ2) is 6.52. The number of hydrogen-bond donors (Lipinski definition) is 0. The normalized spacial score (nSPS) is 15.9. The van der Waals surface area contributed by atoms with E-state index in [9.17, 15) is 4.79 Å². The van der Waals surface area contributed by atoms with E-state index in [-0.39, 0.29) is 5.70 Å². The molecule has 0 saturated heterocycles. The van der Waals surface area contributed by atoms with Crippen LogP contribution in [0.15, 0.2) is 57.6 Å². The molecule has 3 nitrogen and oxygen atoms in total. The molecule has 6 heteroatoms. The molecule has 0 saturated carbocycles. The first kappa shape index (κ1) is 15.7. The van der Waals surface area contributed by atoms with Gasteiger partial charge < -0.3 is 4.74 Å². The average molecular weight is 489 g/mol. The summed E-state index contributed by atoms with van der Waals surface area (Å²) in [4.78, 5) is 16.2. The van der Waals surface area contributed by atoms with Gasteiger partial charge in [0.1, 0.15) is 0 Å². The van der Waals surface area contributed by atoms with Gasteiger partial charge in [0, 0.05) is 18.6 Å². The molecular weight excluding hydrogens is 480 g/mol. The van der Waals surface area contributed by atoms with E-state index in [0.29, 0.717) is 10.9 Å². The number of halogens is 3. The highest BCUT2D eigenvalue weighted by Crippen LogP contribution is 2.24. The van der Waals surface area contributed by atoms with Crippen LogP contribution in [0.5, 0.6) is 0 Å². The zero-order chi connectivity index (χ0) is 15.7. The van der Waals surface area contributed by atoms with Gasteiger partial charge in [0.2, 0.25) is 5.90 Å². The van der Waals surface area contributed by atoms with Crippen LogP contribution in [0.2, 0.25) is 5.02 Å². The van der Waals surface area contributed by atoms with Crippen LogP contribution < -0.4 is 0 Å². The molecule has 0 radical (unpaired) electrons. The molecule has 2 aromatic carbocycles. The Kier molecular flexibility index (Phi) is 4.65. The van der Waals surface area contributed by atoms with Crippen LogP contribution in [-0.4, -0.2) is 11.9 Å².